The number of carboxylic acid groups (broad SMARTS) is 1. The van der Waals surface area contributed by atoms with Crippen molar-refractivity contribution in [1.29, 1.82) is 0 Å². The molecule has 2 aliphatic rings. The highest BCUT2D eigenvalue weighted by molar-refractivity contribution is 5.90. The second-order valence-corrected chi connectivity index (χ2v) is 10.2. The molecule has 1 fully saturated rings. The smallest absolute Gasteiger partial charge is 0.335 e. The first-order valence-electron chi connectivity index (χ1n) is 12.9. The first-order valence-corrected chi connectivity index (χ1v) is 12.9. The van der Waals surface area contributed by atoms with Crippen molar-refractivity contribution in [2.45, 2.75) is 50.2 Å². The monoisotopic (exact) mass is 477 g/mol. The van der Waals surface area contributed by atoms with Gasteiger partial charge in [0.15, 0.2) is 0 Å². The molecule has 2 N–H and O–H groups in total. The molecule has 0 saturated heterocycles. The van der Waals surface area contributed by atoms with Gasteiger partial charge in [-0.1, -0.05) is 72.8 Å². The van der Waals surface area contributed by atoms with Gasteiger partial charge in [-0.15, -0.1) is 0 Å². The standard InChI is InChI=1S/C32H31NO3/c1-20(25-11-6-8-21-7-2-3-9-26(21)25)33-19-24-18-29(28-10-4-5-12-31(28)36-24)23-15-16-27(22-13-14-22)30(17-23)32(34)35/h2-12,15-17,20,22,24,29,33H,13-14,18-19H2,1H3,(H,34,35). The van der Waals surface area contributed by atoms with Crippen LogP contribution in [0.5, 0.6) is 5.75 Å². The second-order valence-electron chi connectivity index (χ2n) is 10.2. The molecule has 0 bridgehead atoms. The zero-order chi connectivity index (χ0) is 24.6. The molecule has 3 unspecified atom stereocenters. The van der Waals surface area contributed by atoms with Gasteiger partial charge in [0.05, 0.1) is 5.56 Å². The molecule has 4 heteroatoms. The number of ether oxygens (including phenoxy) is 1. The molecule has 4 aromatic carbocycles. The van der Waals surface area contributed by atoms with Crippen LogP contribution in [0, 0.1) is 0 Å². The van der Waals surface area contributed by atoms with Gasteiger partial charge >= 0.3 is 5.97 Å². The molecule has 0 aromatic heterocycles. The summed E-state index contributed by atoms with van der Waals surface area (Å²) in [5, 5.41) is 16.1. The van der Waals surface area contributed by atoms with E-state index in [4.69, 9.17) is 4.74 Å². The van der Waals surface area contributed by atoms with Crippen molar-refractivity contribution < 1.29 is 14.6 Å². The molecule has 1 aliphatic carbocycles. The van der Waals surface area contributed by atoms with Crippen LogP contribution in [-0.2, 0) is 0 Å². The minimum absolute atomic E-state index is 0.0151. The van der Waals surface area contributed by atoms with Gasteiger partial charge in [-0.3, -0.25) is 0 Å². The summed E-state index contributed by atoms with van der Waals surface area (Å²) in [6.07, 6.45) is 2.96. The molecular formula is C32H31NO3. The van der Waals surface area contributed by atoms with Crippen LogP contribution < -0.4 is 10.1 Å². The number of carboxylic acids is 1. The van der Waals surface area contributed by atoms with Crippen molar-refractivity contribution in [1.82, 2.24) is 5.32 Å². The van der Waals surface area contributed by atoms with Crippen LogP contribution in [0.4, 0.5) is 0 Å². The quantitative estimate of drug-likeness (QED) is 0.299. The van der Waals surface area contributed by atoms with Gasteiger partial charge < -0.3 is 15.2 Å². The number of rotatable bonds is 7. The highest BCUT2D eigenvalue weighted by atomic mass is 16.5. The fourth-order valence-corrected chi connectivity index (χ4v) is 5.71. The number of benzene rings is 4. The van der Waals surface area contributed by atoms with E-state index in [1.807, 2.05) is 30.3 Å². The van der Waals surface area contributed by atoms with Gasteiger partial charge in [-0.2, -0.15) is 0 Å². The van der Waals surface area contributed by atoms with E-state index in [9.17, 15) is 9.90 Å². The van der Waals surface area contributed by atoms with Gasteiger partial charge in [-0.25, -0.2) is 4.79 Å². The summed E-state index contributed by atoms with van der Waals surface area (Å²) in [5.41, 5.74) is 4.90. The van der Waals surface area contributed by atoms with Crippen molar-refractivity contribution >= 4 is 16.7 Å². The third-order valence-corrected chi connectivity index (χ3v) is 7.76. The lowest BCUT2D eigenvalue weighted by atomic mass is 9.82. The highest BCUT2D eigenvalue weighted by Gasteiger charge is 2.32. The molecule has 1 aliphatic heterocycles. The Balaban J connectivity index is 1.25. The van der Waals surface area contributed by atoms with Crippen molar-refractivity contribution in [3.05, 3.63) is 113 Å². The van der Waals surface area contributed by atoms with Gasteiger partial charge in [0.25, 0.3) is 0 Å². The first-order chi connectivity index (χ1) is 17.6. The maximum atomic E-state index is 12.1. The molecule has 4 aromatic rings. The summed E-state index contributed by atoms with van der Waals surface area (Å²) >= 11 is 0. The number of para-hydroxylation sites is 1. The van der Waals surface area contributed by atoms with Crippen LogP contribution >= 0.6 is 0 Å². The lowest BCUT2D eigenvalue weighted by Gasteiger charge is -2.33. The Kier molecular flexibility index (Phi) is 5.98. The van der Waals surface area contributed by atoms with Crippen LogP contribution in [0.1, 0.15) is 76.7 Å². The lowest BCUT2D eigenvalue weighted by Crippen LogP contribution is -2.37. The van der Waals surface area contributed by atoms with Crippen molar-refractivity contribution in [3.63, 3.8) is 0 Å². The summed E-state index contributed by atoms with van der Waals surface area (Å²) in [6.45, 7) is 2.91. The van der Waals surface area contributed by atoms with Crippen LogP contribution in [0.15, 0.2) is 84.9 Å². The number of hydrogen-bond acceptors (Lipinski definition) is 3. The maximum Gasteiger partial charge on any atom is 0.335 e. The van der Waals surface area contributed by atoms with E-state index in [2.05, 4.69) is 66.8 Å². The molecule has 182 valence electrons. The Morgan fingerprint density at radius 3 is 2.58 bits per heavy atom. The van der Waals surface area contributed by atoms with Crippen LogP contribution in [0.25, 0.3) is 10.8 Å². The van der Waals surface area contributed by atoms with E-state index in [0.29, 0.717) is 18.0 Å². The third kappa shape index (κ3) is 4.38. The molecule has 0 amide bonds. The molecule has 0 spiro atoms. The van der Waals surface area contributed by atoms with E-state index in [1.165, 1.54) is 16.3 Å². The Labute approximate surface area is 211 Å². The summed E-state index contributed by atoms with van der Waals surface area (Å²) in [5.74, 6) is 0.559. The summed E-state index contributed by atoms with van der Waals surface area (Å²) in [7, 11) is 0. The van der Waals surface area contributed by atoms with Crippen molar-refractivity contribution in [3.8, 4) is 5.75 Å². The molecule has 1 saturated carbocycles. The molecule has 1 heterocycles. The van der Waals surface area contributed by atoms with E-state index in [0.717, 1.165) is 41.7 Å². The molecular weight excluding hydrogens is 446 g/mol. The predicted octanol–water partition coefficient (Wildman–Crippen LogP) is 7.05. The van der Waals surface area contributed by atoms with Crippen LogP contribution in [0.2, 0.25) is 0 Å². The second kappa shape index (κ2) is 9.44. The topological polar surface area (TPSA) is 58.6 Å². The number of aromatic carboxylic acids is 1. The number of carbonyl (C=O) groups is 1. The normalized spacial score (nSPS) is 19.9. The SMILES string of the molecule is CC(NCC1CC(c2ccc(C3CC3)c(C(=O)O)c2)c2ccccc2O1)c1cccc2ccccc12. The highest BCUT2D eigenvalue weighted by Crippen LogP contribution is 2.45. The largest absolute Gasteiger partial charge is 0.489 e. The fraction of sp³-hybridized carbons (Fsp3) is 0.281. The zero-order valence-corrected chi connectivity index (χ0v) is 20.5. The Morgan fingerprint density at radius 2 is 1.75 bits per heavy atom. The van der Waals surface area contributed by atoms with Gasteiger partial charge in [0.1, 0.15) is 11.9 Å². The Hall–Kier alpha value is -3.63. The minimum Gasteiger partial charge on any atom is -0.489 e. The molecule has 6 rings (SSSR count). The average Bonchev–Trinajstić information content (AvgIpc) is 3.76. The van der Waals surface area contributed by atoms with E-state index in [1.54, 1.807) is 0 Å². The van der Waals surface area contributed by atoms with E-state index < -0.39 is 5.97 Å². The zero-order valence-electron chi connectivity index (χ0n) is 20.5. The summed E-state index contributed by atoms with van der Waals surface area (Å²) in [6, 6.07) is 29.4. The van der Waals surface area contributed by atoms with E-state index in [-0.39, 0.29) is 18.1 Å². The molecule has 36 heavy (non-hydrogen) atoms. The number of fused-ring (bicyclic) bond motifs is 2. The Bertz CT molecular complexity index is 1420. The third-order valence-electron chi connectivity index (χ3n) is 7.76. The van der Waals surface area contributed by atoms with Gasteiger partial charge in [0, 0.05) is 24.1 Å². The van der Waals surface area contributed by atoms with Crippen LogP contribution in [0.3, 0.4) is 0 Å². The Morgan fingerprint density at radius 1 is 0.972 bits per heavy atom. The molecule has 3 atom stereocenters. The lowest BCUT2D eigenvalue weighted by molar-refractivity contribution is 0.0695. The number of nitrogens with one attached hydrogen (secondary N) is 1. The molecule has 4 nitrogen and oxygen atoms in total. The van der Waals surface area contributed by atoms with Gasteiger partial charge in [-0.05, 0) is 71.7 Å². The van der Waals surface area contributed by atoms with Crippen molar-refractivity contribution in [2.75, 3.05) is 6.54 Å². The summed E-state index contributed by atoms with van der Waals surface area (Å²) in [4.78, 5) is 12.1. The summed E-state index contributed by atoms with van der Waals surface area (Å²) < 4.78 is 6.43. The van der Waals surface area contributed by atoms with Crippen LogP contribution in [-0.4, -0.2) is 23.7 Å². The first kappa shape index (κ1) is 22.8. The van der Waals surface area contributed by atoms with Gasteiger partial charge in [0.2, 0.25) is 0 Å². The van der Waals surface area contributed by atoms with Crippen molar-refractivity contribution in [2.24, 2.45) is 0 Å². The maximum absolute atomic E-state index is 12.1. The fourth-order valence-electron chi connectivity index (χ4n) is 5.71. The molecule has 0 radical (unpaired) electrons. The predicted molar refractivity (Wildman–Crippen MR) is 143 cm³/mol. The average molecular weight is 478 g/mol. The number of hydrogen-bond donors (Lipinski definition) is 2. The minimum atomic E-state index is -0.832. The van der Waals surface area contributed by atoms with E-state index >= 15 is 0 Å².